The number of nitrogens with zero attached hydrogens (tertiary/aromatic N) is 2. The van der Waals surface area contributed by atoms with Gasteiger partial charge in [-0.1, -0.05) is 127 Å². The molecule has 11 aromatic rings. The van der Waals surface area contributed by atoms with E-state index in [0.717, 1.165) is 64.6 Å². The Bertz CT molecular complexity index is 3350. The molecule has 5 nitrogen and oxygen atoms in total. The van der Waals surface area contributed by atoms with Crippen molar-refractivity contribution in [2.45, 2.75) is 0 Å². The summed E-state index contributed by atoms with van der Waals surface area (Å²) >= 11 is 0. The predicted octanol–water partition coefficient (Wildman–Crippen LogP) is 11.5. The Morgan fingerprint density at radius 3 is 1.13 bits per heavy atom. The van der Waals surface area contributed by atoms with Crippen molar-refractivity contribution in [3.05, 3.63) is 163 Å². The topological polar surface area (TPSA) is 90.9 Å². The second kappa shape index (κ2) is 11.2. The average Bonchev–Trinajstić information content (AvgIpc) is 3.84. The van der Waals surface area contributed by atoms with Crippen LogP contribution >= 0.6 is 7.14 Å². The molecule has 0 aliphatic carbocycles. The monoisotopic (exact) mass is 708 g/mol. The Balaban J connectivity index is 1.40. The van der Waals surface area contributed by atoms with Crippen molar-refractivity contribution in [2.24, 2.45) is 0 Å². The van der Waals surface area contributed by atoms with Crippen LogP contribution in [0.1, 0.15) is 11.1 Å². The van der Waals surface area contributed by atoms with Gasteiger partial charge in [-0.15, -0.1) is 0 Å². The number of rotatable bonds is 3. The van der Waals surface area contributed by atoms with Gasteiger partial charge >= 0.3 is 0 Å². The molecule has 6 heteroatoms. The van der Waals surface area contributed by atoms with E-state index in [9.17, 15) is 10.5 Å². The first-order valence-corrected chi connectivity index (χ1v) is 19.4. The van der Waals surface area contributed by atoms with Gasteiger partial charge in [0.05, 0.1) is 21.7 Å². The lowest BCUT2D eigenvalue weighted by Gasteiger charge is -2.22. The van der Waals surface area contributed by atoms with Crippen LogP contribution in [0.5, 0.6) is 0 Å². The van der Waals surface area contributed by atoms with E-state index in [2.05, 4.69) is 24.3 Å². The van der Waals surface area contributed by atoms with Crippen LogP contribution in [0.25, 0.3) is 87.0 Å². The number of fused-ring (bicyclic) bond motifs is 14. The zero-order chi connectivity index (χ0) is 36.1. The maximum Gasteiger partial charge on any atom is 0.178 e. The Labute approximate surface area is 307 Å². The molecule has 0 bridgehead atoms. The highest BCUT2D eigenvalue weighted by atomic mass is 31.2. The molecule has 0 fully saturated rings. The summed E-state index contributed by atoms with van der Waals surface area (Å²) in [6.07, 6.45) is 0. The highest BCUT2D eigenvalue weighted by molar-refractivity contribution is 7.86. The van der Waals surface area contributed by atoms with E-state index in [4.69, 9.17) is 8.83 Å². The van der Waals surface area contributed by atoms with Crippen LogP contribution in [0.3, 0.4) is 0 Å². The van der Waals surface area contributed by atoms with Crippen LogP contribution in [-0.4, -0.2) is 0 Å². The third-order valence-corrected chi connectivity index (χ3v) is 14.0. The fraction of sp³-hybridized carbons (Fsp3) is 0. The standard InChI is InChI=1S/C48H25N2O3P/c49-26-32-22-28-12-4-8-18-35(28)41-43-37-20-10-6-14-30(37)24-39(47(43)52-45(32)41)54(51,34-16-2-1-3-17-34)40-25-31-15-7-11-21-38(31)44-42-36-19-9-5-13-29(36)23-33(27-50)46(42)53-48(40)44/h1-25H. The maximum absolute atomic E-state index is 17.1. The number of nitriles is 2. The van der Waals surface area contributed by atoms with Crippen LogP contribution < -0.4 is 15.9 Å². The molecule has 0 aliphatic rings. The summed E-state index contributed by atoms with van der Waals surface area (Å²) < 4.78 is 30.9. The minimum absolute atomic E-state index is 0.408. The van der Waals surface area contributed by atoms with Crippen LogP contribution in [-0.2, 0) is 4.57 Å². The minimum atomic E-state index is -3.91. The first-order chi connectivity index (χ1) is 26.6. The molecule has 0 atom stereocenters. The van der Waals surface area contributed by atoms with Gasteiger partial charge < -0.3 is 13.4 Å². The first kappa shape index (κ1) is 30.5. The Morgan fingerprint density at radius 1 is 0.407 bits per heavy atom. The van der Waals surface area contributed by atoms with Gasteiger partial charge in [-0.05, 0) is 67.4 Å². The Kier molecular flexibility index (Phi) is 6.30. The third-order valence-electron chi connectivity index (χ3n) is 10.9. The van der Waals surface area contributed by atoms with E-state index in [1.165, 1.54) is 0 Å². The van der Waals surface area contributed by atoms with Crippen LogP contribution in [0.15, 0.2) is 160 Å². The van der Waals surface area contributed by atoms with Crippen molar-refractivity contribution in [3.63, 3.8) is 0 Å². The zero-order valence-electron chi connectivity index (χ0n) is 28.5. The molecule has 250 valence electrons. The summed E-state index contributed by atoms with van der Waals surface area (Å²) in [5.74, 6) is 0. The molecule has 0 saturated heterocycles. The van der Waals surface area contributed by atoms with Crippen LogP contribution in [0.4, 0.5) is 0 Å². The molecule has 2 heterocycles. The van der Waals surface area contributed by atoms with Crippen molar-refractivity contribution in [1.82, 2.24) is 0 Å². The molecule has 0 unspecified atom stereocenters. The molecule has 11 rings (SSSR count). The lowest BCUT2D eigenvalue weighted by atomic mass is 9.97. The quantitative estimate of drug-likeness (QED) is 0.170. The fourth-order valence-electron chi connectivity index (χ4n) is 8.58. The molecular weight excluding hydrogens is 684 g/mol. The van der Waals surface area contributed by atoms with Gasteiger partial charge in [0.2, 0.25) is 0 Å². The van der Waals surface area contributed by atoms with Gasteiger partial charge in [-0.2, -0.15) is 10.5 Å². The first-order valence-electron chi connectivity index (χ1n) is 17.6. The van der Waals surface area contributed by atoms with Crippen LogP contribution in [0.2, 0.25) is 0 Å². The molecular formula is C48H25N2O3P. The smallest absolute Gasteiger partial charge is 0.178 e. The summed E-state index contributed by atoms with van der Waals surface area (Å²) in [4.78, 5) is 0. The third kappa shape index (κ3) is 3.99. The maximum atomic E-state index is 17.1. The number of hydrogen-bond acceptors (Lipinski definition) is 5. The van der Waals surface area contributed by atoms with E-state index < -0.39 is 7.14 Å². The summed E-state index contributed by atoms with van der Waals surface area (Å²) in [7, 11) is -3.91. The van der Waals surface area contributed by atoms with Crippen molar-refractivity contribution in [3.8, 4) is 12.1 Å². The van der Waals surface area contributed by atoms with Crippen molar-refractivity contribution < 1.29 is 13.4 Å². The normalized spacial score (nSPS) is 12.1. The molecule has 0 saturated carbocycles. The lowest BCUT2D eigenvalue weighted by Crippen LogP contribution is -2.26. The highest BCUT2D eigenvalue weighted by Crippen LogP contribution is 2.52. The van der Waals surface area contributed by atoms with Gasteiger partial charge in [-0.25, -0.2) is 0 Å². The molecule has 9 aromatic carbocycles. The van der Waals surface area contributed by atoms with Crippen molar-refractivity contribution >= 4 is 110 Å². The van der Waals surface area contributed by atoms with Gasteiger partial charge in [0.25, 0.3) is 0 Å². The van der Waals surface area contributed by atoms with E-state index in [1.807, 2.05) is 140 Å². The van der Waals surface area contributed by atoms with E-state index in [1.54, 1.807) is 0 Å². The van der Waals surface area contributed by atoms with E-state index in [0.29, 0.717) is 49.4 Å². The lowest BCUT2D eigenvalue weighted by molar-refractivity contribution is 0.591. The molecule has 0 amide bonds. The van der Waals surface area contributed by atoms with E-state index in [-0.39, 0.29) is 0 Å². The molecule has 54 heavy (non-hydrogen) atoms. The molecule has 0 spiro atoms. The van der Waals surface area contributed by atoms with E-state index >= 15 is 4.57 Å². The molecule has 0 aliphatic heterocycles. The minimum Gasteiger partial charge on any atom is -0.454 e. The van der Waals surface area contributed by atoms with Crippen molar-refractivity contribution in [2.75, 3.05) is 0 Å². The van der Waals surface area contributed by atoms with Crippen molar-refractivity contribution in [1.29, 1.82) is 10.5 Å². The Hall–Kier alpha value is -7.17. The number of furan rings is 2. The SMILES string of the molecule is N#Cc1cc2ccccc2c2c1oc1c(P(=O)(c3ccccc3)c3cc4ccccc4c4c3oc3c(C#N)cc5ccccc5c34)cc3ccccc3c12. The average molecular weight is 709 g/mol. The zero-order valence-corrected chi connectivity index (χ0v) is 29.4. The number of benzene rings is 9. The molecule has 2 aromatic heterocycles. The highest BCUT2D eigenvalue weighted by Gasteiger charge is 2.38. The van der Waals surface area contributed by atoms with Gasteiger partial charge in [0.15, 0.2) is 18.3 Å². The second-order valence-corrected chi connectivity index (χ2v) is 16.4. The summed E-state index contributed by atoms with van der Waals surface area (Å²) in [6.45, 7) is 0. The van der Waals surface area contributed by atoms with Crippen LogP contribution in [0, 0.1) is 22.7 Å². The summed E-state index contributed by atoms with van der Waals surface area (Å²) in [6, 6.07) is 54.1. The molecule has 0 radical (unpaired) electrons. The summed E-state index contributed by atoms with van der Waals surface area (Å²) in [5, 5.41) is 33.1. The fourth-order valence-corrected chi connectivity index (χ4v) is 11.5. The van der Waals surface area contributed by atoms with Gasteiger partial charge in [-0.3, -0.25) is 0 Å². The molecule has 0 N–H and O–H groups in total. The largest absolute Gasteiger partial charge is 0.454 e. The Morgan fingerprint density at radius 2 is 0.741 bits per heavy atom. The van der Waals surface area contributed by atoms with Gasteiger partial charge in [0, 0.05) is 26.8 Å². The summed E-state index contributed by atoms with van der Waals surface area (Å²) in [5.41, 5.74) is 2.66. The number of hydrogen-bond donors (Lipinski definition) is 0. The van der Waals surface area contributed by atoms with Gasteiger partial charge in [0.1, 0.15) is 23.3 Å². The predicted molar refractivity (Wildman–Crippen MR) is 220 cm³/mol. The second-order valence-electron chi connectivity index (χ2n) is 13.7.